The van der Waals surface area contributed by atoms with Gasteiger partial charge in [0.05, 0.1) is 5.02 Å². The SMILES string of the molecule is O=C(c1ccc(Cl)c(C#Cc2ccccn2)c1)N1CCN(c2ncccn2)CC1. The lowest BCUT2D eigenvalue weighted by Crippen LogP contribution is -2.49. The van der Waals surface area contributed by atoms with Gasteiger partial charge >= 0.3 is 0 Å². The van der Waals surface area contributed by atoms with Gasteiger partial charge in [0.1, 0.15) is 5.69 Å². The van der Waals surface area contributed by atoms with E-state index in [0.29, 0.717) is 54.0 Å². The van der Waals surface area contributed by atoms with Crippen LogP contribution in [0.3, 0.4) is 0 Å². The van der Waals surface area contributed by atoms with E-state index in [2.05, 4.69) is 31.7 Å². The van der Waals surface area contributed by atoms with E-state index >= 15 is 0 Å². The maximum atomic E-state index is 13.0. The van der Waals surface area contributed by atoms with Crippen LogP contribution in [0.2, 0.25) is 5.02 Å². The molecule has 0 N–H and O–H groups in total. The topological polar surface area (TPSA) is 62.2 Å². The predicted molar refractivity (Wildman–Crippen MR) is 112 cm³/mol. The zero-order valence-corrected chi connectivity index (χ0v) is 16.4. The second-order valence-corrected chi connectivity index (χ2v) is 6.89. The molecule has 0 atom stereocenters. The molecule has 1 aliphatic rings. The normalized spacial score (nSPS) is 13.6. The van der Waals surface area contributed by atoms with Crippen molar-refractivity contribution in [3.63, 3.8) is 0 Å². The van der Waals surface area contributed by atoms with Gasteiger partial charge in [-0.15, -0.1) is 0 Å². The lowest BCUT2D eigenvalue weighted by molar-refractivity contribution is 0.0746. The first-order chi connectivity index (χ1) is 14.2. The molecule has 6 nitrogen and oxygen atoms in total. The fourth-order valence-corrected chi connectivity index (χ4v) is 3.23. The third kappa shape index (κ3) is 4.53. The number of anilines is 1. The van der Waals surface area contributed by atoms with Crippen LogP contribution in [0.1, 0.15) is 21.6 Å². The first kappa shape index (κ1) is 18.9. The standard InChI is InChI=1S/C22H18ClN5O/c23-20-8-6-18(16-17(20)5-7-19-4-1-2-9-24-19)21(29)27-12-14-28(15-13-27)22-25-10-3-11-26-22/h1-4,6,8-11,16H,12-15H2. The second-order valence-electron chi connectivity index (χ2n) is 6.49. The molecule has 1 saturated heterocycles. The summed E-state index contributed by atoms with van der Waals surface area (Å²) in [6.07, 6.45) is 5.13. The van der Waals surface area contributed by atoms with Gasteiger partial charge in [-0.3, -0.25) is 4.79 Å². The van der Waals surface area contributed by atoms with E-state index < -0.39 is 0 Å². The Hall–Kier alpha value is -3.43. The van der Waals surface area contributed by atoms with Crippen molar-refractivity contribution in [3.8, 4) is 11.8 Å². The molecule has 1 aliphatic heterocycles. The number of halogens is 1. The molecule has 3 aromatic rings. The number of piperazine rings is 1. The van der Waals surface area contributed by atoms with Crippen molar-refractivity contribution < 1.29 is 4.79 Å². The summed E-state index contributed by atoms with van der Waals surface area (Å²) in [5.74, 6) is 6.66. The highest BCUT2D eigenvalue weighted by Crippen LogP contribution is 2.19. The van der Waals surface area contributed by atoms with Crippen molar-refractivity contribution in [2.75, 3.05) is 31.1 Å². The molecule has 4 rings (SSSR count). The van der Waals surface area contributed by atoms with E-state index in [4.69, 9.17) is 11.6 Å². The van der Waals surface area contributed by atoms with Gasteiger partial charge in [-0.05, 0) is 42.3 Å². The van der Waals surface area contributed by atoms with Crippen LogP contribution in [-0.2, 0) is 0 Å². The summed E-state index contributed by atoms with van der Waals surface area (Å²) in [7, 11) is 0. The number of pyridine rings is 1. The fraction of sp³-hybridized carbons (Fsp3) is 0.182. The Morgan fingerprint density at radius 2 is 1.66 bits per heavy atom. The first-order valence-electron chi connectivity index (χ1n) is 9.24. The van der Waals surface area contributed by atoms with Crippen molar-refractivity contribution in [1.29, 1.82) is 0 Å². The molecular formula is C22H18ClN5O. The van der Waals surface area contributed by atoms with Crippen LogP contribution in [0.5, 0.6) is 0 Å². The molecule has 1 aromatic carbocycles. The Bertz CT molecular complexity index is 1050. The summed E-state index contributed by atoms with van der Waals surface area (Å²) in [5.41, 5.74) is 1.84. The van der Waals surface area contributed by atoms with Gasteiger partial charge in [0.25, 0.3) is 5.91 Å². The van der Waals surface area contributed by atoms with E-state index in [1.54, 1.807) is 42.9 Å². The summed E-state index contributed by atoms with van der Waals surface area (Å²) in [6.45, 7) is 2.59. The van der Waals surface area contributed by atoms with Gasteiger partial charge in [-0.25, -0.2) is 15.0 Å². The lowest BCUT2D eigenvalue weighted by Gasteiger charge is -2.34. The Balaban J connectivity index is 1.46. The minimum absolute atomic E-state index is 0.0313. The highest BCUT2D eigenvalue weighted by molar-refractivity contribution is 6.31. The Kier molecular flexibility index (Phi) is 5.68. The maximum absolute atomic E-state index is 13.0. The van der Waals surface area contributed by atoms with Crippen LogP contribution in [-0.4, -0.2) is 51.9 Å². The van der Waals surface area contributed by atoms with Crippen LogP contribution >= 0.6 is 11.6 Å². The number of amides is 1. The van der Waals surface area contributed by atoms with Gasteiger partial charge in [-0.1, -0.05) is 23.6 Å². The predicted octanol–water partition coefficient (Wildman–Crippen LogP) is 2.89. The number of aromatic nitrogens is 3. The second kappa shape index (κ2) is 8.72. The lowest BCUT2D eigenvalue weighted by atomic mass is 10.1. The quantitative estimate of drug-likeness (QED) is 0.616. The molecule has 144 valence electrons. The van der Waals surface area contributed by atoms with Crippen LogP contribution in [0.15, 0.2) is 61.1 Å². The fourth-order valence-electron chi connectivity index (χ4n) is 3.07. The molecule has 0 saturated carbocycles. The molecule has 0 aliphatic carbocycles. The average molecular weight is 404 g/mol. The monoisotopic (exact) mass is 403 g/mol. The molecule has 7 heteroatoms. The maximum Gasteiger partial charge on any atom is 0.254 e. The molecule has 1 fully saturated rings. The van der Waals surface area contributed by atoms with Crippen LogP contribution in [0.4, 0.5) is 5.95 Å². The third-order valence-corrected chi connectivity index (χ3v) is 4.93. The van der Waals surface area contributed by atoms with E-state index in [0.717, 1.165) is 0 Å². The molecule has 0 radical (unpaired) electrons. The van der Waals surface area contributed by atoms with Crippen molar-refractivity contribution in [2.24, 2.45) is 0 Å². The number of carbonyl (C=O) groups is 1. The highest BCUT2D eigenvalue weighted by Gasteiger charge is 2.23. The zero-order valence-electron chi connectivity index (χ0n) is 15.6. The summed E-state index contributed by atoms with van der Waals surface area (Å²) in [5, 5.41) is 0.510. The number of nitrogens with zero attached hydrogens (tertiary/aromatic N) is 5. The van der Waals surface area contributed by atoms with Gasteiger partial charge < -0.3 is 9.80 Å². The Morgan fingerprint density at radius 1 is 0.897 bits per heavy atom. The zero-order chi connectivity index (χ0) is 20.1. The molecule has 29 heavy (non-hydrogen) atoms. The van der Waals surface area contributed by atoms with Crippen molar-refractivity contribution in [1.82, 2.24) is 19.9 Å². The van der Waals surface area contributed by atoms with Gasteiger partial charge in [0, 0.05) is 55.9 Å². The van der Waals surface area contributed by atoms with Gasteiger partial charge in [0.15, 0.2) is 0 Å². The van der Waals surface area contributed by atoms with Crippen LogP contribution < -0.4 is 4.90 Å². The van der Waals surface area contributed by atoms with Crippen molar-refractivity contribution in [2.45, 2.75) is 0 Å². The van der Waals surface area contributed by atoms with Crippen molar-refractivity contribution >= 4 is 23.5 Å². The van der Waals surface area contributed by atoms with Gasteiger partial charge in [-0.2, -0.15) is 0 Å². The Morgan fingerprint density at radius 3 is 2.38 bits per heavy atom. The largest absolute Gasteiger partial charge is 0.337 e. The van der Waals surface area contributed by atoms with E-state index in [-0.39, 0.29) is 5.91 Å². The molecule has 2 aromatic heterocycles. The number of rotatable bonds is 2. The molecular weight excluding hydrogens is 386 g/mol. The minimum atomic E-state index is -0.0313. The molecule has 0 spiro atoms. The molecule has 0 bridgehead atoms. The first-order valence-corrected chi connectivity index (χ1v) is 9.62. The minimum Gasteiger partial charge on any atom is -0.337 e. The summed E-state index contributed by atoms with van der Waals surface area (Å²) < 4.78 is 0. The summed E-state index contributed by atoms with van der Waals surface area (Å²) in [6, 6.07) is 12.5. The number of hydrogen-bond donors (Lipinski definition) is 0. The van der Waals surface area contributed by atoms with Crippen LogP contribution in [0, 0.1) is 11.8 Å². The summed E-state index contributed by atoms with van der Waals surface area (Å²) in [4.78, 5) is 29.6. The number of hydrogen-bond acceptors (Lipinski definition) is 5. The summed E-state index contributed by atoms with van der Waals surface area (Å²) >= 11 is 6.27. The van der Waals surface area contributed by atoms with E-state index in [1.165, 1.54) is 0 Å². The van der Waals surface area contributed by atoms with Crippen molar-refractivity contribution in [3.05, 3.63) is 82.9 Å². The highest BCUT2D eigenvalue weighted by atomic mass is 35.5. The average Bonchev–Trinajstić information content (AvgIpc) is 2.79. The van der Waals surface area contributed by atoms with Crippen LogP contribution in [0.25, 0.3) is 0 Å². The van der Waals surface area contributed by atoms with E-state index in [9.17, 15) is 4.79 Å². The van der Waals surface area contributed by atoms with Gasteiger partial charge in [0.2, 0.25) is 5.95 Å². The molecule has 1 amide bonds. The Labute approximate surface area is 174 Å². The molecule has 0 unspecified atom stereocenters. The number of carbonyl (C=O) groups excluding carboxylic acids is 1. The third-order valence-electron chi connectivity index (χ3n) is 4.61. The van der Waals surface area contributed by atoms with E-state index in [1.807, 2.05) is 23.1 Å². The number of benzene rings is 1. The smallest absolute Gasteiger partial charge is 0.254 e. The molecule has 3 heterocycles.